The summed E-state index contributed by atoms with van der Waals surface area (Å²) in [7, 11) is 0. The van der Waals surface area contributed by atoms with Gasteiger partial charge in [-0.1, -0.05) is 48.2 Å². The van der Waals surface area contributed by atoms with Crippen LogP contribution in [-0.4, -0.2) is 12.4 Å². The van der Waals surface area contributed by atoms with Crippen LogP contribution in [-0.2, 0) is 0 Å². The average Bonchev–Trinajstić information content (AvgIpc) is 2.47. The standard InChI is InChI=1S/C12H10S.C4H4F6/c1-3-7-11(8-4-1)13-12-9-5-2-6-10-12;5-3(6,7)1-2-4(8,9)10/h1-10H;1-2H2. The van der Waals surface area contributed by atoms with Crippen LogP contribution in [0.5, 0.6) is 0 Å². The molecule has 0 bridgehead atoms. The minimum absolute atomic E-state index is 1.29. The van der Waals surface area contributed by atoms with Crippen LogP contribution < -0.4 is 0 Å². The van der Waals surface area contributed by atoms with Crippen LogP contribution in [0, 0.1) is 0 Å². The second kappa shape index (κ2) is 8.86. The van der Waals surface area contributed by atoms with E-state index in [1.807, 2.05) is 12.1 Å². The van der Waals surface area contributed by atoms with E-state index in [-0.39, 0.29) is 0 Å². The molecule has 0 aliphatic heterocycles. The van der Waals surface area contributed by atoms with Crippen LogP contribution in [0.3, 0.4) is 0 Å². The lowest BCUT2D eigenvalue weighted by Gasteiger charge is -2.07. The number of alkyl halides is 6. The van der Waals surface area contributed by atoms with Crippen LogP contribution >= 0.6 is 11.8 Å². The first-order valence-corrected chi connectivity index (χ1v) is 7.39. The molecule has 2 aromatic carbocycles. The molecular formula is C16H14F6S. The predicted octanol–water partition coefficient (Wildman–Crippen LogP) is 6.73. The number of hydrogen-bond acceptors (Lipinski definition) is 1. The highest BCUT2D eigenvalue weighted by molar-refractivity contribution is 7.99. The molecule has 23 heavy (non-hydrogen) atoms. The van der Waals surface area contributed by atoms with Crippen molar-refractivity contribution < 1.29 is 26.3 Å². The van der Waals surface area contributed by atoms with Crippen molar-refractivity contribution in [3.8, 4) is 0 Å². The summed E-state index contributed by atoms with van der Waals surface area (Å²) < 4.78 is 66.5. The summed E-state index contributed by atoms with van der Waals surface area (Å²) in [5, 5.41) is 0. The Morgan fingerprint density at radius 2 is 0.870 bits per heavy atom. The molecule has 126 valence electrons. The van der Waals surface area contributed by atoms with E-state index in [2.05, 4.69) is 48.5 Å². The highest BCUT2D eigenvalue weighted by atomic mass is 32.2. The fourth-order valence-corrected chi connectivity index (χ4v) is 2.26. The largest absolute Gasteiger partial charge is 0.389 e. The summed E-state index contributed by atoms with van der Waals surface area (Å²) in [5.41, 5.74) is 0. The molecular weight excluding hydrogens is 338 g/mol. The summed E-state index contributed by atoms with van der Waals surface area (Å²) in [6, 6.07) is 20.8. The first-order valence-electron chi connectivity index (χ1n) is 6.57. The molecule has 2 aromatic rings. The van der Waals surface area contributed by atoms with Crippen LogP contribution in [0.25, 0.3) is 0 Å². The Balaban J connectivity index is 0.000000241. The lowest BCUT2D eigenvalue weighted by atomic mass is 10.3. The molecule has 2 rings (SSSR count). The summed E-state index contributed by atoms with van der Waals surface area (Å²) in [6.07, 6.45) is -13.0. The van der Waals surface area contributed by atoms with Gasteiger partial charge in [-0.3, -0.25) is 0 Å². The fraction of sp³-hybridized carbons (Fsp3) is 0.250. The van der Waals surface area contributed by atoms with Gasteiger partial charge in [0.1, 0.15) is 0 Å². The number of rotatable bonds is 3. The second-order valence-electron chi connectivity index (χ2n) is 4.46. The van der Waals surface area contributed by atoms with Gasteiger partial charge in [-0.15, -0.1) is 0 Å². The van der Waals surface area contributed by atoms with Gasteiger partial charge in [0.2, 0.25) is 0 Å². The van der Waals surface area contributed by atoms with Gasteiger partial charge in [-0.25, -0.2) is 0 Å². The van der Waals surface area contributed by atoms with Crippen molar-refractivity contribution in [2.75, 3.05) is 0 Å². The van der Waals surface area contributed by atoms with E-state index >= 15 is 0 Å². The topological polar surface area (TPSA) is 0 Å². The quantitative estimate of drug-likeness (QED) is 0.552. The molecule has 7 heteroatoms. The van der Waals surface area contributed by atoms with E-state index in [0.717, 1.165) is 0 Å². The smallest absolute Gasteiger partial charge is 0.171 e. The molecule has 0 heterocycles. The Morgan fingerprint density at radius 3 is 1.13 bits per heavy atom. The zero-order valence-electron chi connectivity index (χ0n) is 11.9. The molecule has 0 aliphatic carbocycles. The van der Waals surface area contributed by atoms with Gasteiger partial charge >= 0.3 is 12.4 Å². The first kappa shape index (κ1) is 19.4. The minimum atomic E-state index is -4.71. The van der Waals surface area contributed by atoms with Gasteiger partial charge in [0.15, 0.2) is 0 Å². The van der Waals surface area contributed by atoms with Gasteiger partial charge < -0.3 is 0 Å². The van der Waals surface area contributed by atoms with E-state index in [1.54, 1.807) is 11.8 Å². The third-order valence-corrected chi connectivity index (χ3v) is 3.43. The Kier molecular flexibility index (Phi) is 7.48. The van der Waals surface area contributed by atoms with Crippen LogP contribution in [0.4, 0.5) is 26.3 Å². The molecule has 0 saturated heterocycles. The Morgan fingerprint density at radius 1 is 0.565 bits per heavy atom. The molecule has 0 radical (unpaired) electrons. The molecule has 0 spiro atoms. The van der Waals surface area contributed by atoms with E-state index < -0.39 is 25.2 Å². The molecule has 0 unspecified atom stereocenters. The van der Waals surface area contributed by atoms with Crippen LogP contribution in [0.2, 0.25) is 0 Å². The van der Waals surface area contributed by atoms with E-state index in [9.17, 15) is 26.3 Å². The second-order valence-corrected chi connectivity index (χ2v) is 5.61. The van der Waals surface area contributed by atoms with E-state index in [4.69, 9.17) is 0 Å². The molecule has 0 atom stereocenters. The Bertz CT molecular complexity index is 497. The maximum absolute atomic E-state index is 11.1. The molecule has 0 nitrogen and oxygen atoms in total. The minimum Gasteiger partial charge on any atom is -0.171 e. The highest BCUT2D eigenvalue weighted by Crippen LogP contribution is 2.29. The zero-order valence-corrected chi connectivity index (χ0v) is 12.7. The predicted molar refractivity (Wildman–Crippen MR) is 78.4 cm³/mol. The van der Waals surface area contributed by atoms with Gasteiger partial charge in [-0.2, -0.15) is 26.3 Å². The van der Waals surface area contributed by atoms with E-state index in [1.165, 1.54) is 9.79 Å². The summed E-state index contributed by atoms with van der Waals surface area (Å²) in [4.78, 5) is 2.57. The molecule has 0 saturated carbocycles. The summed E-state index contributed by atoms with van der Waals surface area (Å²) >= 11 is 1.79. The van der Waals surface area contributed by atoms with Crippen LogP contribution in [0.15, 0.2) is 70.5 Å². The van der Waals surface area contributed by atoms with Crippen molar-refractivity contribution in [3.63, 3.8) is 0 Å². The SMILES string of the molecule is FC(F)(F)CCC(F)(F)F.c1ccc(Sc2ccccc2)cc1. The lowest BCUT2D eigenvalue weighted by Crippen LogP contribution is -2.15. The van der Waals surface area contributed by atoms with Crippen molar-refractivity contribution in [2.24, 2.45) is 0 Å². The van der Waals surface area contributed by atoms with Gasteiger partial charge in [-0.05, 0) is 24.3 Å². The van der Waals surface area contributed by atoms with Gasteiger partial charge in [0.05, 0.1) is 12.8 Å². The first-order chi connectivity index (χ1) is 10.7. The molecule has 0 aromatic heterocycles. The van der Waals surface area contributed by atoms with Crippen molar-refractivity contribution >= 4 is 11.8 Å². The third kappa shape index (κ3) is 10.7. The Labute approximate surface area is 134 Å². The normalized spacial score (nSPS) is 11.6. The van der Waals surface area contributed by atoms with Crippen LogP contribution in [0.1, 0.15) is 12.8 Å². The van der Waals surface area contributed by atoms with Crippen molar-refractivity contribution in [3.05, 3.63) is 60.7 Å². The maximum atomic E-state index is 11.1. The zero-order chi connectivity index (χ0) is 17.3. The Hall–Kier alpha value is -1.63. The monoisotopic (exact) mass is 352 g/mol. The number of halogens is 6. The lowest BCUT2D eigenvalue weighted by molar-refractivity contribution is -0.183. The van der Waals surface area contributed by atoms with Crippen molar-refractivity contribution in [1.82, 2.24) is 0 Å². The van der Waals surface area contributed by atoms with E-state index in [0.29, 0.717) is 0 Å². The molecule has 0 N–H and O–H groups in total. The highest BCUT2D eigenvalue weighted by Gasteiger charge is 2.36. The fourth-order valence-electron chi connectivity index (χ4n) is 1.40. The van der Waals surface area contributed by atoms with Crippen molar-refractivity contribution in [1.29, 1.82) is 0 Å². The number of benzene rings is 2. The van der Waals surface area contributed by atoms with Crippen molar-refractivity contribution in [2.45, 2.75) is 35.0 Å². The third-order valence-electron chi connectivity index (χ3n) is 2.41. The average molecular weight is 352 g/mol. The molecule has 0 fully saturated rings. The summed E-state index contributed by atoms with van der Waals surface area (Å²) in [5.74, 6) is 0. The summed E-state index contributed by atoms with van der Waals surface area (Å²) in [6.45, 7) is 0. The maximum Gasteiger partial charge on any atom is 0.389 e. The number of hydrogen-bond donors (Lipinski definition) is 0. The van der Waals surface area contributed by atoms with Gasteiger partial charge in [0.25, 0.3) is 0 Å². The molecule has 0 amide bonds. The van der Waals surface area contributed by atoms with Gasteiger partial charge in [0, 0.05) is 9.79 Å². The molecule has 0 aliphatic rings.